The SMILES string of the molecule is COc1cc(/C=C2/C(=O)/C(=C/c3cc(OC)c(OC)c(OC)c3)[C@H]3CC[C@H]2N3C)cc(OC)c1OC. The van der Waals surface area contributed by atoms with Crippen LogP contribution in [0.25, 0.3) is 12.2 Å². The number of Topliss-reactive ketones (excluding diaryl/α,β-unsaturated/α-hetero) is 1. The highest BCUT2D eigenvalue weighted by Gasteiger charge is 2.44. The largest absolute Gasteiger partial charge is 0.493 e. The highest BCUT2D eigenvalue weighted by atomic mass is 16.5. The number of methoxy groups -OCH3 is 6. The topological polar surface area (TPSA) is 75.7 Å². The number of fused-ring (bicyclic) bond motifs is 2. The maximum Gasteiger partial charge on any atom is 0.203 e. The third-order valence-electron chi connectivity index (χ3n) is 6.96. The molecule has 2 aromatic rings. The second kappa shape index (κ2) is 10.5. The van der Waals surface area contributed by atoms with E-state index < -0.39 is 0 Å². The number of hydrogen-bond acceptors (Lipinski definition) is 8. The second-order valence-electron chi connectivity index (χ2n) is 8.72. The van der Waals surface area contributed by atoms with E-state index in [1.165, 1.54) is 0 Å². The summed E-state index contributed by atoms with van der Waals surface area (Å²) in [4.78, 5) is 16.1. The van der Waals surface area contributed by atoms with Crippen LogP contribution in [0, 0.1) is 0 Å². The number of piperidine rings is 1. The Labute approximate surface area is 212 Å². The molecule has 8 heteroatoms. The summed E-state index contributed by atoms with van der Waals surface area (Å²) in [7, 11) is 11.5. The van der Waals surface area contributed by atoms with Crippen LogP contribution in [-0.2, 0) is 4.79 Å². The lowest BCUT2D eigenvalue weighted by Crippen LogP contribution is -2.43. The number of ketones is 1. The molecular formula is C28H33NO7. The monoisotopic (exact) mass is 495 g/mol. The molecule has 0 spiro atoms. The molecule has 8 nitrogen and oxygen atoms in total. The molecule has 2 saturated heterocycles. The van der Waals surface area contributed by atoms with Gasteiger partial charge in [0.05, 0.1) is 42.7 Å². The van der Waals surface area contributed by atoms with Gasteiger partial charge in [0.1, 0.15) is 0 Å². The van der Waals surface area contributed by atoms with Gasteiger partial charge in [0.2, 0.25) is 11.5 Å². The minimum Gasteiger partial charge on any atom is -0.493 e. The first-order valence-corrected chi connectivity index (χ1v) is 11.7. The minimum absolute atomic E-state index is 0.0307. The zero-order valence-corrected chi connectivity index (χ0v) is 21.8. The van der Waals surface area contributed by atoms with Gasteiger partial charge in [0.15, 0.2) is 28.8 Å². The highest BCUT2D eigenvalue weighted by Crippen LogP contribution is 2.44. The van der Waals surface area contributed by atoms with Crippen LogP contribution >= 0.6 is 0 Å². The van der Waals surface area contributed by atoms with Crippen LogP contribution in [0.2, 0.25) is 0 Å². The Balaban J connectivity index is 1.81. The van der Waals surface area contributed by atoms with Crippen LogP contribution in [0.1, 0.15) is 24.0 Å². The van der Waals surface area contributed by atoms with Crippen molar-refractivity contribution >= 4 is 17.9 Å². The number of carbonyl (C=O) groups is 1. The number of benzene rings is 2. The quantitative estimate of drug-likeness (QED) is 0.503. The Morgan fingerprint density at radius 2 is 0.972 bits per heavy atom. The smallest absolute Gasteiger partial charge is 0.203 e. The van der Waals surface area contributed by atoms with Crippen molar-refractivity contribution in [3.8, 4) is 34.5 Å². The molecule has 4 rings (SSSR count). The molecule has 2 bridgehead atoms. The van der Waals surface area contributed by atoms with E-state index in [-0.39, 0.29) is 17.9 Å². The van der Waals surface area contributed by atoms with Gasteiger partial charge in [-0.15, -0.1) is 0 Å². The first-order valence-electron chi connectivity index (χ1n) is 11.7. The molecule has 0 N–H and O–H groups in total. The lowest BCUT2D eigenvalue weighted by atomic mass is 9.88. The van der Waals surface area contributed by atoms with Crippen molar-refractivity contribution in [1.29, 1.82) is 0 Å². The van der Waals surface area contributed by atoms with Gasteiger partial charge < -0.3 is 28.4 Å². The third-order valence-corrected chi connectivity index (χ3v) is 6.96. The van der Waals surface area contributed by atoms with E-state index in [0.29, 0.717) is 34.5 Å². The number of ether oxygens (including phenoxy) is 6. The van der Waals surface area contributed by atoms with Crippen LogP contribution in [0.5, 0.6) is 34.5 Å². The summed E-state index contributed by atoms with van der Waals surface area (Å²) in [6.45, 7) is 0. The van der Waals surface area contributed by atoms with Crippen molar-refractivity contribution in [1.82, 2.24) is 4.90 Å². The van der Waals surface area contributed by atoms with Crippen molar-refractivity contribution in [2.75, 3.05) is 49.7 Å². The van der Waals surface area contributed by atoms with Gasteiger partial charge in [-0.1, -0.05) is 0 Å². The summed E-state index contributed by atoms with van der Waals surface area (Å²) < 4.78 is 32.9. The fourth-order valence-electron chi connectivity index (χ4n) is 5.21. The van der Waals surface area contributed by atoms with E-state index in [9.17, 15) is 4.79 Å². The molecule has 2 fully saturated rings. The van der Waals surface area contributed by atoms with Crippen molar-refractivity contribution in [2.45, 2.75) is 24.9 Å². The van der Waals surface area contributed by atoms with Gasteiger partial charge in [0.25, 0.3) is 0 Å². The second-order valence-corrected chi connectivity index (χ2v) is 8.72. The lowest BCUT2D eigenvalue weighted by Gasteiger charge is -2.34. The van der Waals surface area contributed by atoms with Crippen LogP contribution in [0.4, 0.5) is 0 Å². The summed E-state index contributed by atoms with van der Waals surface area (Å²) in [6.07, 6.45) is 5.66. The molecule has 0 unspecified atom stereocenters. The maximum absolute atomic E-state index is 13.9. The van der Waals surface area contributed by atoms with E-state index in [4.69, 9.17) is 28.4 Å². The Hall–Kier alpha value is -3.65. The Morgan fingerprint density at radius 3 is 1.25 bits per heavy atom. The van der Waals surface area contributed by atoms with Crippen molar-refractivity contribution < 1.29 is 33.2 Å². The highest BCUT2D eigenvalue weighted by molar-refractivity contribution is 6.16. The van der Waals surface area contributed by atoms with Gasteiger partial charge in [-0.3, -0.25) is 9.69 Å². The molecule has 2 atom stereocenters. The molecule has 2 heterocycles. The van der Waals surface area contributed by atoms with Gasteiger partial charge >= 0.3 is 0 Å². The minimum atomic E-state index is 0.0307. The standard InChI is InChI=1S/C28H33NO7/c1-29-20-8-9-21(29)19(11-17-14-24(33-4)28(36-7)25(15-17)34-5)26(30)18(20)10-16-12-22(31-2)27(35-6)23(13-16)32-3/h10-15,20-21H,8-9H2,1-7H3/b18-10+,19-11+/t20-,21-/m1/s1. The fraction of sp³-hybridized carbons (Fsp3) is 0.393. The number of carbonyl (C=O) groups excluding carboxylic acids is 1. The van der Waals surface area contributed by atoms with E-state index in [1.807, 2.05) is 36.4 Å². The zero-order chi connectivity index (χ0) is 26.0. The first kappa shape index (κ1) is 25.4. The summed E-state index contributed by atoms with van der Waals surface area (Å²) in [5.74, 6) is 3.21. The lowest BCUT2D eigenvalue weighted by molar-refractivity contribution is -0.114. The fourth-order valence-corrected chi connectivity index (χ4v) is 5.21. The number of likely N-dealkylation sites (N-methyl/N-ethyl adjacent to an activating group) is 1. The van der Waals surface area contributed by atoms with Crippen molar-refractivity contribution in [3.63, 3.8) is 0 Å². The Morgan fingerprint density at radius 1 is 0.639 bits per heavy atom. The molecule has 0 amide bonds. The molecule has 2 aliphatic rings. The van der Waals surface area contributed by atoms with Crippen LogP contribution in [0.3, 0.4) is 0 Å². The van der Waals surface area contributed by atoms with Gasteiger partial charge in [-0.2, -0.15) is 0 Å². The molecular weight excluding hydrogens is 462 g/mol. The molecule has 0 aliphatic carbocycles. The molecule has 192 valence electrons. The number of hydrogen-bond donors (Lipinski definition) is 0. The van der Waals surface area contributed by atoms with E-state index in [2.05, 4.69) is 11.9 Å². The first-order chi connectivity index (χ1) is 17.4. The third kappa shape index (κ3) is 4.37. The molecule has 0 saturated carbocycles. The van der Waals surface area contributed by atoms with E-state index in [1.54, 1.807) is 42.7 Å². The van der Waals surface area contributed by atoms with Crippen molar-refractivity contribution in [2.24, 2.45) is 0 Å². The average Bonchev–Trinajstić information content (AvgIpc) is 3.22. The molecule has 0 aromatic heterocycles. The summed E-state index contributed by atoms with van der Waals surface area (Å²) in [5, 5.41) is 0. The maximum atomic E-state index is 13.9. The number of rotatable bonds is 8. The summed E-state index contributed by atoms with van der Waals surface area (Å²) >= 11 is 0. The molecule has 2 aliphatic heterocycles. The van der Waals surface area contributed by atoms with Crippen LogP contribution < -0.4 is 28.4 Å². The van der Waals surface area contributed by atoms with Crippen LogP contribution in [-0.4, -0.2) is 72.5 Å². The van der Waals surface area contributed by atoms with Crippen LogP contribution in [0.15, 0.2) is 35.4 Å². The van der Waals surface area contributed by atoms with Gasteiger partial charge in [0, 0.05) is 23.2 Å². The molecule has 2 aromatic carbocycles. The summed E-state index contributed by atoms with van der Waals surface area (Å²) in [5.41, 5.74) is 3.08. The normalized spacial score (nSPS) is 21.6. The van der Waals surface area contributed by atoms with Crippen molar-refractivity contribution in [3.05, 3.63) is 46.5 Å². The Kier molecular flexibility index (Phi) is 7.45. The predicted molar refractivity (Wildman–Crippen MR) is 138 cm³/mol. The Bertz CT molecular complexity index is 1070. The molecule has 36 heavy (non-hydrogen) atoms. The average molecular weight is 496 g/mol. The number of nitrogens with zero attached hydrogens (tertiary/aromatic N) is 1. The summed E-state index contributed by atoms with van der Waals surface area (Å²) in [6, 6.07) is 7.49. The molecule has 0 radical (unpaired) electrons. The van der Waals surface area contributed by atoms with E-state index >= 15 is 0 Å². The van der Waals surface area contributed by atoms with Gasteiger partial charge in [-0.25, -0.2) is 0 Å². The van der Waals surface area contributed by atoms with Gasteiger partial charge in [-0.05, 0) is 67.4 Å². The predicted octanol–water partition coefficient (Wildman–Crippen LogP) is 4.25. The van der Waals surface area contributed by atoms with E-state index in [0.717, 1.165) is 35.1 Å². The zero-order valence-electron chi connectivity index (χ0n) is 21.8.